The summed E-state index contributed by atoms with van der Waals surface area (Å²) < 4.78 is 5.27. The molecule has 0 saturated carbocycles. The maximum atomic E-state index is 12.0. The number of carboxylic acids is 1. The van der Waals surface area contributed by atoms with Gasteiger partial charge in [0.1, 0.15) is 0 Å². The SMILES string of the molecule is CCN(C(=O)NCC1CCOCC1)C(C)CC(=O)O. The number of amides is 2. The van der Waals surface area contributed by atoms with Gasteiger partial charge in [0.05, 0.1) is 6.42 Å². The van der Waals surface area contributed by atoms with E-state index in [-0.39, 0.29) is 18.5 Å². The molecule has 0 aromatic carbocycles. The third-order valence-corrected chi connectivity index (χ3v) is 3.49. The molecule has 1 fully saturated rings. The van der Waals surface area contributed by atoms with Crippen LogP contribution in [0.25, 0.3) is 0 Å². The summed E-state index contributed by atoms with van der Waals surface area (Å²) in [7, 11) is 0. The number of nitrogens with zero attached hydrogens (tertiary/aromatic N) is 1. The normalized spacial score (nSPS) is 17.8. The van der Waals surface area contributed by atoms with Gasteiger partial charge in [-0.3, -0.25) is 4.79 Å². The minimum atomic E-state index is -0.886. The molecule has 1 aliphatic heterocycles. The highest BCUT2D eigenvalue weighted by Gasteiger charge is 2.22. The zero-order valence-electron chi connectivity index (χ0n) is 11.7. The van der Waals surface area contributed by atoms with Crippen molar-refractivity contribution in [2.24, 2.45) is 5.92 Å². The summed E-state index contributed by atoms with van der Waals surface area (Å²) in [5, 5.41) is 11.7. The van der Waals surface area contributed by atoms with Gasteiger partial charge in [-0.05, 0) is 32.6 Å². The molecule has 19 heavy (non-hydrogen) atoms. The molecule has 110 valence electrons. The molecule has 0 aromatic rings. The molecule has 6 nitrogen and oxygen atoms in total. The first-order chi connectivity index (χ1) is 9.04. The van der Waals surface area contributed by atoms with Crippen molar-refractivity contribution >= 4 is 12.0 Å². The van der Waals surface area contributed by atoms with Crippen molar-refractivity contribution in [3.05, 3.63) is 0 Å². The Balaban J connectivity index is 2.37. The topological polar surface area (TPSA) is 78.9 Å². The minimum Gasteiger partial charge on any atom is -0.481 e. The van der Waals surface area contributed by atoms with Crippen molar-refractivity contribution < 1.29 is 19.4 Å². The second kappa shape index (κ2) is 7.99. The molecule has 1 heterocycles. The molecule has 0 aromatic heterocycles. The van der Waals surface area contributed by atoms with Gasteiger partial charge in [0.2, 0.25) is 0 Å². The van der Waals surface area contributed by atoms with Crippen molar-refractivity contribution in [1.82, 2.24) is 10.2 Å². The summed E-state index contributed by atoms with van der Waals surface area (Å²) in [4.78, 5) is 24.3. The largest absolute Gasteiger partial charge is 0.481 e. The Labute approximate surface area is 114 Å². The van der Waals surface area contributed by atoms with E-state index < -0.39 is 5.97 Å². The number of aliphatic carboxylic acids is 1. The highest BCUT2D eigenvalue weighted by Crippen LogP contribution is 2.13. The Kier molecular flexibility index (Phi) is 6.62. The maximum absolute atomic E-state index is 12.0. The van der Waals surface area contributed by atoms with Crippen LogP contribution in [0.15, 0.2) is 0 Å². The van der Waals surface area contributed by atoms with Crippen LogP contribution in [0.3, 0.4) is 0 Å². The van der Waals surface area contributed by atoms with Crippen molar-refractivity contribution in [1.29, 1.82) is 0 Å². The van der Waals surface area contributed by atoms with Crippen LogP contribution < -0.4 is 5.32 Å². The number of hydrogen-bond acceptors (Lipinski definition) is 3. The second-order valence-electron chi connectivity index (χ2n) is 4.97. The molecule has 6 heteroatoms. The lowest BCUT2D eigenvalue weighted by Gasteiger charge is -2.29. The second-order valence-corrected chi connectivity index (χ2v) is 4.97. The van der Waals surface area contributed by atoms with E-state index in [1.165, 1.54) is 0 Å². The number of carbonyl (C=O) groups excluding carboxylic acids is 1. The molecular weight excluding hydrogens is 248 g/mol. The average molecular weight is 272 g/mol. The van der Waals surface area contributed by atoms with Crippen LogP contribution in [0.2, 0.25) is 0 Å². The van der Waals surface area contributed by atoms with Gasteiger partial charge >= 0.3 is 12.0 Å². The average Bonchev–Trinajstić information content (AvgIpc) is 2.37. The van der Waals surface area contributed by atoms with Gasteiger partial charge in [0.15, 0.2) is 0 Å². The molecule has 2 amide bonds. The van der Waals surface area contributed by atoms with E-state index >= 15 is 0 Å². The molecule has 2 N–H and O–H groups in total. The summed E-state index contributed by atoms with van der Waals surface area (Å²) in [5.74, 6) is -0.422. The van der Waals surface area contributed by atoms with Crippen molar-refractivity contribution in [2.75, 3.05) is 26.3 Å². The molecule has 0 radical (unpaired) electrons. The van der Waals surface area contributed by atoms with E-state index in [1.807, 2.05) is 6.92 Å². The monoisotopic (exact) mass is 272 g/mol. The van der Waals surface area contributed by atoms with Crippen LogP contribution in [0.4, 0.5) is 4.79 Å². The number of carbonyl (C=O) groups is 2. The van der Waals surface area contributed by atoms with E-state index in [1.54, 1.807) is 11.8 Å². The van der Waals surface area contributed by atoms with E-state index in [4.69, 9.17) is 9.84 Å². The zero-order valence-corrected chi connectivity index (χ0v) is 11.7. The van der Waals surface area contributed by atoms with Crippen LogP contribution in [0.1, 0.15) is 33.1 Å². The quantitative estimate of drug-likeness (QED) is 0.764. The first kappa shape index (κ1) is 15.8. The molecule has 1 rings (SSSR count). The van der Waals surface area contributed by atoms with Crippen LogP contribution in [-0.4, -0.2) is 54.4 Å². The summed E-state index contributed by atoms with van der Waals surface area (Å²) in [6.07, 6.45) is 1.91. The summed E-state index contributed by atoms with van der Waals surface area (Å²) in [5.41, 5.74) is 0. The van der Waals surface area contributed by atoms with E-state index in [9.17, 15) is 9.59 Å². The Morgan fingerprint density at radius 3 is 2.58 bits per heavy atom. The van der Waals surface area contributed by atoms with Gasteiger partial charge in [0, 0.05) is 32.3 Å². The first-order valence-electron chi connectivity index (χ1n) is 6.88. The lowest BCUT2D eigenvalue weighted by Crippen LogP contribution is -2.47. The standard InChI is InChI=1S/C13H24N2O4/c1-3-15(10(2)8-12(16)17)13(18)14-9-11-4-6-19-7-5-11/h10-11H,3-9H2,1-2H3,(H,14,18)(H,16,17). The van der Waals surface area contributed by atoms with Crippen LogP contribution in [0.5, 0.6) is 0 Å². The lowest BCUT2D eigenvalue weighted by molar-refractivity contribution is -0.138. The third kappa shape index (κ3) is 5.46. The van der Waals surface area contributed by atoms with Gasteiger partial charge in [-0.15, -0.1) is 0 Å². The Hall–Kier alpha value is -1.30. The fourth-order valence-electron chi connectivity index (χ4n) is 2.30. The highest BCUT2D eigenvalue weighted by molar-refractivity contribution is 5.75. The molecule has 1 saturated heterocycles. The Bertz CT molecular complexity index is 303. The van der Waals surface area contributed by atoms with E-state index in [0.717, 1.165) is 26.1 Å². The zero-order chi connectivity index (χ0) is 14.3. The molecule has 1 atom stereocenters. The minimum absolute atomic E-state index is 0.0292. The van der Waals surface area contributed by atoms with Crippen molar-refractivity contribution in [3.63, 3.8) is 0 Å². The van der Waals surface area contributed by atoms with Crippen LogP contribution in [0, 0.1) is 5.92 Å². The number of hydrogen-bond donors (Lipinski definition) is 2. The number of nitrogens with one attached hydrogen (secondary N) is 1. The van der Waals surface area contributed by atoms with E-state index in [2.05, 4.69) is 5.32 Å². The van der Waals surface area contributed by atoms with Gasteiger partial charge in [-0.1, -0.05) is 0 Å². The van der Waals surface area contributed by atoms with Crippen LogP contribution >= 0.6 is 0 Å². The number of carboxylic acid groups (broad SMARTS) is 1. The number of ether oxygens (including phenoxy) is 1. The molecule has 0 spiro atoms. The van der Waals surface area contributed by atoms with Gasteiger partial charge < -0.3 is 20.1 Å². The third-order valence-electron chi connectivity index (χ3n) is 3.49. The van der Waals surface area contributed by atoms with Crippen molar-refractivity contribution in [2.45, 2.75) is 39.2 Å². The molecular formula is C13H24N2O4. The smallest absolute Gasteiger partial charge is 0.317 e. The summed E-state index contributed by atoms with van der Waals surface area (Å²) in [6.45, 7) is 6.27. The van der Waals surface area contributed by atoms with Gasteiger partial charge in [0.25, 0.3) is 0 Å². The Morgan fingerprint density at radius 2 is 2.05 bits per heavy atom. The van der Waals surface area contributed by atoms with Crippen molar-refractivity contribution in [3.8, 4) is 0 Å². The predicted molar refractivity (Wildman–Crippen MR) is 71.0 cm³/mol. The maximum Gasteiger partial charge on any atom is 0.317 e. The fourth-order valence-corrected chi connectivity index (χ4v) is 2.30. The molecule has 1 unspecified atom stereocenters. The van der Waals surface area contributed by atoms with E-state index in [0.29, 0.717) is 19.0 Å². The summed E-state index contributed by atoms with van der Waals surface area (Å²) >= 11 is 0. The predicted octanol–water partition coefficient (Wildman–Crippen LogP) is 1.31. The summed E-state index contributed by atoms with van der Waals surface area (Å²) in [6, 6.07) is -0.472. The van der Waals surface area contributed by atoms with Gasteiger partial charge in [-0.2, -0.15) is 0 Å². The first-order valence-corrected chi connectivity index (χ1v) is 6.88. The molecule has 0 aliphatic carbocycles. The Morgan fingerprint density at radius 1 is 1.42 bits per heavy atom. The molecule has 0 bridgehead atoms. The number of rotatable bonds is 6. The number of urea groups is 1. The molecule has 1 aliphatic rings. The van der Waals surface area contributed by atoms with Crippen LogP contribution in [-0.2, 0) is 9.53 Å². The highest BCUT2D eigenvalue weighted by atomic mass is 16.5. The lowest BCUT2D eigenvalue weighted by atomic mass is 10.0. The fraction of sp³-hybridized carbons (Fsp3) is 0.846. The van der Waals surface area contributed by atoms with Gasteiger partial charge in [-0.25, -0.2) is 4.79 Å².